The van der Waals surface area contributed by atoms with Crippen molar-refractivity contribution in [3.8, 4) is 5.69 Å². The molecule has 0 bridgehead atoms. The summed E-state index contributed by atoms with van der Waals surface area (Å²) in [6.07, 6.45) is 6.15. The summed E-state index contributed by atoms with van der Waals surface area (Å²) in [5.74, 6) is 0.397. The Morgan fingerprint density at radius 1 is 1.09 bits per heavy atom. The Hall–Kier alpha value is -3.78. The molecule has 4 aromatic rings. The third kappa shape index (κ3) is 4.70. The Kier molecular flexibility index (Phi) is 6.37. The van der Waals surface area contributed by atoms with E-state index in [1.807, 2.05) is 63.2 Å². The molecule has 3 aromatic heterocycles. The lowest BCUT2D eigenvalue weighted by molar-refractivity contribution is -0.00284. The summed E-state index contributed by atoms with van der Waals surface area (Å²) in [5.41, 5.74) is 2.38. The van der Waals surface area contributed by atoms with Crippen molar-refractivity contribution in [3.63, 3.8) is 0 Å². The number of aromatic nitrogens is 4. The third-order valence-electron chi connectivity index (χ3n) is 5.99. The van der Waals surface area contributed by atoms with Gasteiger partial charge in [0.05, 0.1) is 35.2 Å². The molecule has 0 spiro atoms. The molecule has 0 aliphatic carbocycles. The van der Waals surface area contributed by atoms with Crippen LogP contribution in [0.4, 0.5) is 10.6 Å². The molecule has 1 atom stereocenters. The second kappa shape index (κ2) is 9.38. The van der Waals surface area contributed by atoms with Crippen LogP contribution in [0.25, 0.3) is 16.6 Å². The number of carbonyl (C=O) groups excluding carboxylic acids is 1. The molecule has 0 saturated heterocycles. The van der Waals surface area contributed by atoms with Gasteiger partial charge in [-0.15, -0.1) is 0 Å². The van der Waals surface area contributed by atoms with Crippen LogP contribution in [0.5, 0.6) is 0 Å². The second-order valence-corrected chi connectivity index (χ2v) is 8.09. The van der Waals surface area contributed by atoms with Crippen molar-refractivity contribution in [2.75, 3.05) is 5.32 Å². The fourth-order valence-electron chi connectivity index (χ4n) is 3.98. The number of rotatable bonds is 7. The number of fused-ring (bicyclic) bond motifs is 1. The van der Waals surface area contributed by atoms with Crippen LogP contribution < -0.4 is 10.6 Å². The minimum Gasteiger partial charge on any atom is -0.387 e. The Morgan fingerprint density at radius 3 is 2.55 bits per heavy atom. The largest absolute Gasteiger partial charge is 0.387 e. The maximum absolute atomic E-state index is 12.9. The zero-order valence-corrected chi connectivity index (χ0v) is 19.0. The van der Waals surface area contributed by atoms with E-state index in [9.17, 15) is 9.90 Å². The number of nitrogens with zero attached hydrogens (tertiary/aromatic N) is 4. The average Bonchev–Trinajstić information content (AvgIpc) is 3.26. The first-order chi connectivity index (χ1) is 15.9. The first-order valence-corrected chi connectivity index (χ1v) is 11.0. The molecule has 4 rings (SSSR count). The highest BCUT2D eigenvalue weighted by atomic mass is 16.3. The van der Waals surface area contributed by atoms with Crippen molar-refractivity contribution in [2.45, 2.75) is 45.3 Å². The van der Waals surface area contributed by atoms with E-state index in [1.165, 1.54) is 0 Å². The smallest absolute Gasteiger partial charge is 0.320 e. The molecule has 0 saturated carbocycles. The van der Waals surface area contributed by atoms with Crippen LogP contribution in [0.1, 0.15) is 44.0 Å². The van der Waals surface area contributed by atoms with Gasteiger partial charge in [-0.1, -0.05) is 44.2 Å². The van der Waals surface area contributed by atoms with Gasteiger partial charge in [0.15, 0.2) is 0 Å². The minimum absolute atomic E-state index is 0.397. The van der Waals surface area contributed by atoms with E-state index in [4.69, 9.17) is 0 Å². The molecule has 0 fully saturated rings. The van der Waals surface area contributed by atoms with Gasteiger partial charge in [0.1, 0.15) is 5.82 Å². The van der Waals surface area contributed by atoms with Gasteiger partial charge in [-0.2, -0.15) is 5.10 Å². The summed E-state index contributed by atoms with van der Waals surface area (Å²) >= 11 is 0. The summed E-state index contributed by atoms with van der Waals surface area (Å²) < 4.78 is 1.79. The SMILES string of the molecule is CCC(O)(CC)[C@@H](NC(=O)Nc1cc2cnn(-c3ccnc(C)c3)c2cn1)c1ccccc1. The van der Waals surface area contributed by atoms with Crippen molar-refractivity contribution in [3.05, 3.63) is 78.4 Å². The van der Waals surface area contributed by atoms with Crippen LogP contribution in [-0.4, -0.2) is 36.5 Å². The lowest BCUT2D eigenvalue weighted by atomic mass is 9.84. The highest BCUT2D eigenvalue weighted by Gasteiger charge is 2.35. The van der Waals surface area contributed by atoms with Gasteiger partial charge in [-0.05, 0) is 43.5 Å². The molecule has 1 aromatic carbocycles. The maximum atomic E-state index is 12.9. The molecule has 3 N–H and O–H groups in total. The van der Waals surface area contributed by atoms with Crippen LogP contribution >= 0.6 is 0 Å². The molecule has 0 radical (unpaired) electrons. The van der Waals surface area contributed by atoms with Crippen LogP contribution in [0.2, 0.25) is 0 Å². The van der Waals surface area contributed by atoms with Crippen LogP contribution in [0.15, 0.2) is 67.1 Å². The maximum Gasteiger partial charge on any atom is 0.320 e. The molecule has 33 heavy (non-hydrogen) atoms. The van der Waals surface area contributed by atoms with Crippen molar-refractivity contribution < 1.29 is 9.90 Å². The molecular weight excluding hydrogens is 416 g/mol. The highest BCUT2D eigenvalue weighted by Crippen LogP contribution is 2.32. The molecule has 3 heterocycles. The van der Waals surface area contributed by atoms with Crippen molar-refractivity contribution in [1.29, 1.82) is 0 Å². The Balaban J connectivity index is 1.55. The number of carbonyl (C=O) groups is 1. The Bertz CT molecular complexity index is 1250. The molecule has 2 amide bonds. The van der Waals surface area contributed by atoms with Crippen molar-refractivity contribution >= 4 is 22.8 Å². The monoisotopic (exact) mass is 444 g/mol. The fourth-order valence-corrected chi connectivity index (χ4v) is 3.98. The average molecular weight is 445 g/mol. The Labute approximate surface area is 192 Å². The second-order valence-electron chi connectivity index (χ2n) is 8.09. The number of pyridine rings is 2. The molecule has 170 valence electrons. The van der Waals surface area contributed by atoms with Crippen molar-refractivity contribution in [1.82, 2.24) is 25.1 Å². The lowest BCUT2D eigenvalue weighted by Crippen LogP contribution is -2.46. The number of nitrogens with one attached hydrogen (secondary N) is 2. The number of hydrogen-bond donors (Lipinski definition) is 3. The van der Waals surface area contributed by atoms with Crippen LogP contribution in [0.3, 0.4) is 0 Å². The zero-order valence-electron chi connectivity index (χ0n) is 19.0. The minimum atomic E-state index is -1.07. The van der Waals surface area contributed by atoms with Gasteiger partial charge in [0.2, 0.25) is 0 Å². The predicted molar refractivity (Wildman–Crippen MR) is 128 cm³/mol. The van der Waals surface area contributed by atoms with Gasteiger partial charge >= 0.3 is 6.03 Å². The number of aryl methyl sites for hydroxylation is 1. The topological polar surface area (TPSA) is 105 Å². The molecule has 0 aliphatic heterocycles. The lowest BCUT2D eigenvalue weighted by Gasteiger charge is -2.35. The molecule has 0 unspecified atom stereocenters. The molecule has 0 aliphatic rings. The van der Waals surface area contributed by atoms with E-state index >= 15 is 0 Å². The number of amides is 2. The van der Waals surface area contributed by atoms with E-state index in [1.54, 1.807) is 29.3 Å². The molecule has 8 nitrogen and oxygen atoms in total. The summed E-state index contributed by atoms with van der Waals surface area (Å²) in [6, 6.07) is 14.1. The number of benzene rings is 1. The summed E-state index contributed by atoms with van der Waals surface area (Å²) in [7, 11) is 0. The number of hydrogen-bond acceptors (Lipinski definition) is 5. The highest BCUT2D eigenvalue weighted by molar-refractivity contribution is 5.91. The third-order valence-corrected chi connectivity index (χ3v) is 5.99. The standard InChI is InChI=1S/C25H28N6O2/c1-4-25(33,5-2)23(18-9-7-6-8-10-18)30-24(32)29-22-14-19-15-28-31(21(19)16-27-22)20-11-12-26-17(3)13-20/h6-16,23,33H,4-5H2,1-3H3,(H2,27,29,30,32)/t23-/m0/s1. The number of aliphatic hydroxyl groups is 1. The Morgan fingerprint density at radius 2 is 1.85 bits per heavy atom. The van der Waals surface area contributed by atoms with E-state index < -0.39 is 17.7 Å². The fraction of sp³-hybridized carbons (Fsp3) is 0.280. The molecular formula is C25H28N6O2. The normalized spacial score (nSPS) is 12.5. The molecule has 8 heteroatoms. The van der Waals surface area contributed by atoms with Gasteiger partial charge in [-0.3, -0.25) is 10.3 Å². The van der Waals surface area contributed by atoms with Gasteiger partial charge in [0.25, 0.3) is 0 Å². The summed E-state index contributed by atoms with van der Waals surface area (Å²) in [6.45, 7) is 5.75. The first kappa shape index (κ1) is 22.4. The van der Waals surface area contributed by atoms with Gasteiger partial charge in [0, 0.05) is 17.3 Å². The summed E-state index contributed by atoms with van der Waals surface area (Å²) in [4.78, 5) is 21.5. The van der Waals surface area contributed by atoms with Crippen molar-refractivity contribution in [2.24, 2.45) is 0 Å². The van der Waals surface area contributed by atoms with E-state index in [0.29, 0.717) is 18.7 Å². The van der Waals surface area contributed by atoms with E-state index in [-0.39, 0.29) is 0 Å². The van der Waals surface area contributed by atoms with Crippen LogP contribution in [0, 0.1) is 6.92 Å². The quantitative estimate of drug-likeness (QED) is 0.388. The first-order valence-electron chi connectivity index (χ1n) is 11.0. The van der Waals surface area contributed by atoms with E-state index in [2.05, 4.69) is 25.7 Å². The van der Waals surface area contributed by atoms with Gasteiger partial charge in [-0.25, -0.2) is 14.5 Å². The van der Waals surface area contributed by atoms with Crippen LogP contribution in [-0.2, 0) is 0 Å². The van der Waals surface area contributed by atoms with E-state index in [0.717, 1.165) is 27.8 Å². The zero-order chi connectivity index (χ0) is 23.4. The van der Waals surface area contributed by atoms with Gasteiger partial charge < -0.3 is 10.4 Å². The number of anilines is 1. The predicted octanol–water partition coefficient (Wildman–Crippen LogP) is 4.54. The summed E-state index contributed by atoms with van der Waals surface area (Å²) in [5, 5.41) is 22.2. The number of urea groups is 1.